The fourth-order valence-electron chi connectivity index (χ4n) is 0.756. The lowest BCUT2D eigenvalue weighted by Crippen LogP contribution is -2.23. The van der Waals surface area contributed by atoms with Gasteiger partial charge in [-0.25, -0.2) is 4.79 Å². The summed E-state index contributed by atoms with van der Waals surface area (Å²) in [6.45, 7) is 0. The van der Waals surface area contributed by atoms with Crippen molar-refractivity contribution in [1.29, 1.82) is 0 Å². The number of aromatic amines is 2. The number of H-pyrrole nitrogens is 2. The van der Waals surface area contributed by atoms with Crippen LogP contribution in [-0.2, 0) is 6.42 Å². The van der Waals surface area contributed by atoms with Gasteiger partial charge >= 0.3 is 5.69 Å². The highest BCUT2D eigenvalue weighted by Gasteiger charge is 1.93. The fourth-order valence-corrected chi connectivity index (χ4v) is 0.959. The van der Waals surface area contributed by atoms with Crippen molar-refractivity contribution in [2.45, 2.75) is 6.42 Å². The molecule has 2 N–H and O–H groups in total. The molecule has 0 spiro atoms. The number of alkyl halides is 1. The SMILES string of the molecule is O=c1cc(CCCl)[nH]c(=O)[nH]1. The first-order valence-corrected chi connectivity index (χ1v) is 3.64. The Balaban J connectivity index is 3.09. The zero-order chi connectivity index (χ0) is 8.27. The number of nitrogens with one attached hydrogen (secondary N) is 2. The second-order valence-corrected chi connectivity index (χ2v) is 2.43. The van der Waals surface area contributed by atoms with Crippen molar-refractivity contribution in [3.63, 3.8) is 0 Å². The van der Waals surface area contributed by atoms with E-state index in [1.54, 1.807) is 0 Å². The number of hydrogen-bond acceptors (Lipinski definition) is 2. The minimum absolute atomic E-state index is 0.388. The third kappa shape index (κ3) is 2.23. The molecular formula is C6H7ClN2O2. The summed E-state index contributed by atoms with van der Waals surface area (Å²) in [6, 6.07) is 1.32. The van der Waals surface area contributed by atoms with Crippen molar-refractivity contribution < 1.29 is 0 Å². The number of halogens is 1. The molecule has 0 atom stereocenters. The molecule has 0 saturated heterocycles. The Labute approximate surface area is 67.2 Å². The molecule has 11 heavy (non-hydrogen) atoms. The van der Waals surface area contributed by atoms with Crippen molar-refractivity contribution in [2.75, 3.05) is 5.88 Å². The highest BCUT2D eigenvalue weighted by atomic mass is 35.5. The smallest absolute Gasteiger partial charge is 0.311 e. The zero-order valence-electron chi connectivity index (χ0n) is 5.69. The van der Waals surface area contributed by atoms with Crippen LogP contribution in [0.2, 0.25) is 0 Å². The van der Waals surface area contributed by atoms with E-state index >= 15 is 0 Å². The lowest BCUT2D eigenvalue weighted by Gasteiger charge is -1.93. The first-order chi connectivity index (χ1) is 5.22. The van der Waals surface area contributed by atoms with Crippen LogP contribution < -0.4 is 11.2 Å². The van der Waals surface area contributed by atoms with Crippen LogP contribution in [0.25, 0.3) is 0 Å². The predicted molar refractivity (Wildman–Crippen MR) is 42.1 cm³/mol. The van der Waals surface area contributed by atoms with Gasteiger partial charge in [0.25, 0.3) is 5.56 Å². The molecule has 0 unspecified atom stereocenters. The van der Waals surface area contributed by atoms with E-state index in [9.17, 15) is 9.59 Å². The summed E-state index contributed by atoms with van der Waals surface area (Å²) in [6.07, 6.45) is 0.501. The Bertz CT molecular complexity index is 313. The molecular weight excluding hydrogens is 168 g/mol. The molecule has 0 aliphatic heterocycles. The second-order valence-electron chi connectivity index (χ2n) is 2.05. The van der Waals surface area contributed by atoms with Crippen LogP contribution in [0, 0.1) is 0 Å². The summed E-state index contributed by atoms with van der Waals surface area (Å²) in [5.41, 5.74) is -0.319. The Morgan fingerprint density at radius 1 is 1.36 bits per heavy atom. The average molecular weight is 175 g/mol. The summed E-state index contributed by atoms with van der Waals surface area (Å²) in [5, 5.41) is 0. The van der Waals surface area contributed by atoms with Gasteiger partial charge in [-0.3, -0.25) is 9.78 Å². The van der Waals surface area contributed by atoms with E-state index in [0.717, 1.165) is 0 Å². The predicted octanol–water partition coefficient (Wildman–Crippen LogP) is -0.156. The third-order valence-electron chi connectivity index (χ3n) is 1.18. The molecule has 0 radical (unpaired) electrons. The maximum absolute atomic E-state index is 10.7. The number of rotatable bonds is 2. The van der Waals surface area contributed by atoms with Gasteiger partial charge in [-0.15, -0.1) is 11.6 Å². The van der Waals surface area contributed by atoms with Gasteiger partial charge in [0.2, 0.25) is 0 Å². The van der Waals surface area contributed by atoms with Gasteiger partial charge in [-0.1, -0.05) is 0 Å². The molecule has 0 fully saturated rings. The molecule has 0 bridgehead atoms. The molecule has 1 rings (SSSR count). The van der Waals surface area contributed by atoms with Crippen LogP contribution in [0.3, 0.4) is 0 Å². The molecule has 4 nitrogen and oxygen atoms in total. The van der Waals surface area contributed by atoms with Crippen molar-refractivity contribution in [2.24, 2.45) is 0 Å². The monoisotopic (exact) mass is 174 g/mol. The van der Waals surface area contributed by atoms with Crippen LogP contribution in [0.15, 0.2) is 15.7 Å². The number of hydrogen-bond donors (Lipinski definition) is 2. The molecule has 0 aromatic carbocycles. The van der Waals surface area contributed by atoms with Gasteiger partial charge in [0.15, 0.2) is 0 Å². The van der Waals surface area contributed by atoms with Gasteiger partial charge in [-0.2, -0.15) is 0 Å². The Morgan fingerprint density at radius 2 is 2.09 bits per heavy atom. The molecule has 1 aromatic heterocycles. The van der Waals surface area contributed by atoms with Gasteiger partial charge in [0.1, 0.15) is 0 Å². The van der Waals surface area contributed by atoms with E-state index < -0.39 is 11.2 Å². The average Bonchev–Trinajstić information content (AvgIpc) is 1.85. The summed E-state index contributed by atoms with van der Waals surface area (Å²) < 4.78 is 0. The molecule has 0 aliphatic rings. The maximum atomic E-state index is 10.7. The molecule has 60 valence electrons. The van der Waals surface area contributed by atoms with Crippen molar-refractivity contribution >= 4 is 11.6 Å². The topological polar surface area (TPSA) is 65.7 Å². The lowest BCUT2D eigenvalue weighted by molar-refractivity contribution is 0.939. The van der Waals surface area contributed by atoms with E-state index in [-0.39, 0.29) is 0 Å². The quantitative estimate of drug-likeness (QED) is 0.613. The van der Waals surface area contributed by atoms with E-state index in [4.69, 9.17) is 11.6 Å². The van der Waals surface area contributed by atoms with Crippen molar-refractivity contribution in [3.8, 4) is 0 Å². The largest absolute Gasteiger partial charge is 0.325 e. The summed E-state index contributed by atoms with van der Waals surface area (Å²) >= 11 is 5.41. The maximum Gasteiger partial charge on any atom is 0.325 e. The van der Waals surface area contributed by atoms with Crippen LogP contribution in [-0.4, -0.2) is 15.8 Å². The van der Waals surface area contributed by atoms with Crippen LogP contribution >= 0.6 is 11.6 Å². The number of aromatic nitrogens is 2. The van der Waals surface area contributed by atoms with E-state index in [2.05, 4.69) is 9.97 Å². The molecule has 0 aliphatic carbocycles. The highest BCUT2D eigenvalue weighted by Crippen LogP contribution is 1.88. The molecule has 0 saturated carbocycles. The number of aryl methyl sites for hydroxylation is 1. The summed E-state index contributed by atoms with van der Waals surface area (Å²) in [4.78, 5) is 25.8. The molecule has 1 aromatic rings. The van der Waals surface area contributed by atoms with Gasteiger partial charge in [0, 0.05) is 24.1 Å². The summed E-state index contributed by atoms with van der Waals surface area (Å²) in [5.74, 6) is 0.388. The first kappa shape index (κ1) is 8.07. The normalized spacial score (nSPS) is 9.91. The van der Waals surface area contributed by atoms with Crippen LogP contribution in [0.1, 0.15) is 5.69 Å². The lowest BCUT2D eigenvalue weighted by atomic mass is 10.3. The van der Waals surface area contributed by atoms with E-state index in [0.29, 0.717) is 18.0 Å². The first-order valence-electron chi connectivity index (χ1n) is 3.11. The summed E-state index contributed by atoms with van der Waals surface area (Å²) in [7, 11) is 0. The van der Waals surface area contributed by atoms with Crippen LogP contribution in [0.5, 0.6) is 0 Å². The van der Waals surface area contributed by atoms with Gasteiger partial charge in [-0.05, 0) is 0 Å². The van der Waals surface area contributed by atoms with Gasteiger partial charge < -0.3 is 4.98 Å². The standard InChI is InChI=1S/C6H7ClN2O2/c7-2-1-4-3-5(10)9-6(11)8-4/h3H,1-2H2,(H2,8,9,10,11). The van der Waals surface area contributed by atoms with Crippen molar-refractivity contribution in [3.05, 3.63) is 32.6 Å². The second kappa shape index (κ2) is 3.39. The highest BCUT2D eigenvalue weighted by molar-refractivity contribution is 6.17. The van der Waals surface area contributed by atoms with Crippen molar-refractivity contribution in [1.82, 2.24) is 9.97 Å². The van der Waals surface area contributed by atoms with E-state index in [1.165, 1.54) is 6.07 Å². The van der Waals surface area contributed by atoms with E-state index in [1.807, 2.05) is 0 Å². The zero-order valence-corrected chi connectivity index (χ0v) is 6.44. The molecule has 5 heteroatoms. The Hall–Kier alpha value is -1.03. The Morgan fingerprint density at radius 3 is 2.64 bits per heavy atom. The minimum Gasteiger partial charge on any atom is -0.311 e. The minimum atomic E-state index is -0.488. The van der Waals surface area contributed by atoms with Gasteiger partial charge in [0.05, 0.1) is 0 Å². The fraction of sp³-hybridized carbons (Fsp3) is 0.333. The Kier molecular flexibility index (Phi) is 2.48. The molecule has 1 heterocycles. The third-order valence-corrected chi connectivity index (χ3v) is 1.37. The van der Waals surface area contributed by atoms with Crippen LogP contribution in [0.4, 0.5) is 0 Å². The molecule has 0 amide bonds.